The standard InChI is InChI=1S/C15H18N4S/c1-10-12(8-9-16-3)11(2)19(18-10)15-17-13-6-4-5-7-14(13)20-15/h4-7,16H,8-9H2,1-3H3. The predicted octanol–water partition coefficient (Wildman–Crippen LogP) is 2.86. The maximum absolute atomic E-state index is 4.68. The Labute approximate surface area is 122 Å². The zero-order valence-corrected chi connectivity index (χ0v) is 12.8. The molecule has 3 aromatic rings. The molecule has 0 bridgehead atoms. The van der Waals surface area contributed by atoms with Crippen LogP contribution in [0.15, 0.2) is 24.3 Å². The summed E-state index contributed by atoms with van der Waals surface area (Å²) in [6.07, 6.45) is 0.999. The fraction of sp³-hybridized carbons (Fsp3) is 0.333. The second-order valence-electron chi connectivity index (χ2n) is 4.88. The molecule has 0 aliphatic carbocycles. The maximum Gasteiger partial charge on any atom is 0.211 e. The Hall–Kier alpha value is -1.72. The summed E-state index contributed by atoms with van der Waals surface area (Å²) in [5.41, 5.74) is 4.64. The van der Waals surface area contributed by atoms with Crippen LogP contribution in [0.25, 0.3) is 15.3 Å². The Morgan fingerprint density at radius 3 is 2.80 bits per heavy atom. The first-order chi connectivity index (χ1) is 9.70. The van der Waals surface area contributed by atoms with Crippen molar-refractivity contribution in [2.24, 2.45) is 0 Å². The molecular weight excluding hydrogens is 268 g/mol. The van der Waals surface area contributed by atoms with Gasteiger partial charge < -0.3 is 5.32 Å². The minimum absolute atomic E-state index is 0.947. The summed E-state index contributed by atoms with van der Waals surface area (Å²) in [4.78, 5) is 4.68. The Bertz CT molecular complexity index is 708. The molecule has 104 valence electrons. The van der Waals surface area contributed by atoms with Crippen LogP contribution < -0.4 is 5.32 Å². The molecule has 4 nitrogen and oxygen atoms in total. The molecule has 0 aliphatic rings. The molecule has 5 heteroatoms. The topological polar surface area (TPSA) is 42.7 Å². The fourth-order valence-electron chi connectivity index (χ4n) is 2.42. The summed E-state index contributed by atoms with van der Waals surface area (Å²) in [5.74, 6) is 0. The van der Waals surface area contributed by atoms with Crippen LogP contribution in [-0.4, -0.2) is 28.4 Å². The van der Waals surface area contributed by atoms with Crippen molar-refractivity contribution < 1.29 is 0 Å². The number of likely N-dealkylation sites (N-methyl/N-ethyl adjacent to an activating group) is 1. The Morgan fingerprint density at radius 1 is 1.25 bits per heavy atom. The molecule has 3 rings (SSSR count). The summed E-state index contributed by atoms with van der Waals surface area (Å²) in [6.45, 7) is 5.16. The van der Waals surface area contributed by atoms with Crippen molar-refractivity contribution in [3.05, 3.63) is 41.2 Å². The van der Waals surface area contributed by atoms with E-state index in [-0.39, 0.29) is 0 Å². The highest BCUT2D eigenvalue weighted by molar-refractivity contribution is 7.20. The first kappa shape index (κ1) is 13.3. The summed E-state index contributed by atoms with van der Waals surface area (Å²) in [7, 11) is 1.97. The molecule has 0 saturated heterocycles. The van der Waals surface area contributed by atoms with E-state index >= 15 is 0 Å². The minimum atomic E-state index is 0.947. The third kappa shape index (κ3) is 2.23. The third-order valence-corrected chi connectivity index (χ3v) is 4.54. The summed E-state index contributed by atoms with van der Waals surface area (Å²) < 4.78 is 3.18. The third-order valence-electron chi connectivity index (χ3n) is 3.53. The summed E-state index contributed by atoms with van der Waals surface area (Å²) >= 11 is 1.68. The van der Waals surface area contributed by atoms with Crippen molar-refractivity contribution >= 4 is 21.6 Å². The highest BCUT2D eigenvalue weighted by Gasteiger charge is 2.15. The van der Waals surface area contributed by atoms with Gasteiger partial charge in [-0.15, -0.1) is 0 Å². The molecule has 0 unspecified atom stereocenters. The predicted molar refractivity (Wildman–Crippen MR) is 83.8 cm³/mol. The summed E-state index contributed by atoms with van der Waals surface area (Å²) in [6, 6.07) is 8.21. The second kappa shape index (κ2) is 5.34. The Balaban J connectivity index is 2.05. The number of aryl methyl sites for hydroxylation is 1. The van der Waals surface area contributed by atoms with E-state index in [1.54, 1.807) is 11.3 Å². The lowest BCUT2D eigenvalue weighted by atomic mass is 10.1. The lowest BCUT2D eigenvalue weighted by Crippen LogP contribution is -2.11. The first-order valence-corrected chi connectivity index (χ1v) is 7.58. The SMILES string of the molecule is CNCCc1c(C)nn(-c2nc3ccccc3s2)c1C. The molecule has 2 aromatic heterocycles. The minimum Gasteiger partial charge on any atom is -0.319 e. The Morgan fingerprint density at radius 2 is 2.05 bits per heavy atom. The van der Waals surface area contributed by atoms with Gasteiger partial charge in [-0.3, -0.25) is 0 Å². The highest BCUT2D eigenvalue weighted by atomic mass is 32.1. The van der Waals surface area contributed by atoms with Crippen molar-refractivity contribution in [2.75, 3.05) is 13.6 Å². The smallest absolute Gasteiger partial charge is 0.211 e. The molecule has 1 aromatic carbocycles. The van der Waals surface area contributed by atoms with Crippen LogP contribution in [0.1, 0.15) is 17.0 Å². The zero-order valence-electron chi connectivity index (χ0n) is 12.0. The van der Waals surface area contributed by atoms with Crippen molar-refractivity contribution in [1.29, 1.82) is 0 Å². The molecule has 0 radical (unpaired) electrons. The molecular formula is C15H18N4S. The van der Waals surface area contributed by atoms with Crippen molar-refractivity contribution in [2.45, 2.75) is 20.3 Å². The van der Waals surface area contributed by atoms with Gasteiger partial charge in [-0.05, 0) is 51.6 Å². The molecule has 20 heavy (non-hydrogen) atoms. The van der Waals surface area contributed by atoms with E-state index in [1.807, 2.05) is 29.9 Å². The number of nitrogens with zero attached hydrogens (tertiary/aromatic N) is 3. The number of benzene rings is 1. The van der Waals surface area contributed by atoms with Crippen molar-refractivity contribution in [3.8, 4) is 5.13 Å². The van der Waals surface area contributed by atoms with E-state index in [0.29, 0.717) is 0 Å². The normalized spacial score (nSPS) is 11.3. The van der Waals surface area contributed by atoms with Gasteiger partial charge >= 0.3 is 0 Å². The lowest BCUT2D eigenvalue weighted by Gasteiger charge is -2.02. The van der Waals surface area contributed by atoms with E-state index in [2.05, 4.69) is 35.3 Å². The molecule has 0 atom stereocenters. The monoisotopic (exact) mass is 286 g/mol. The average molecular weight is 286 g/mol. The summed E-state index contributed by atoms with van der Waals surface area (Å²) in [5, 5.41) is 8.80. The molecule has 0 fully saturated rings. The van der Waals surface area contributed by atoms with E-state index in [0.717, 1.165) is 29.3 Å². The quantitative estimate of drug-likeness (QED) is 0.802. The molecule has 0 amide bonds. The number of aromatic nitrogens is 3. The first-order valence-electron chi connectivity index (χ1n) is 6.76. The highest BCUT2D eigenvalue weighted by Crippen LogP contribution is 2.26. The number of hydrogen-bond acceptors (Lipinski definition) is 4. The van der Waals surface area contributed by atoms with Gasteiger partial charge in [0.05, 0.1) is 15.9 Å². The van der Waals surface area contributed by atoms with Gasteiger partial charge in [-0.1, -0.05) is 23.5 Å². The van der Waals surface area contributed by atoms with Gasteiger partial charge in [-0.2, -0.15) is 5.10 Å². The van der Waals surface area contributed by atoms with Crippen molar-refractivity contribution in [1.82, 2.24) is 20.1 Å². The van der Waals surface area contributed by atoms with Crippen LogP contribution in [-0.2, 0) is 6.42 Å². The van der Waals surface area contributed by atoms with E-state index in [1.165, 1.54) is 16.0 Å². The van der Waals surface area contributed by atoms with Crippen LogP contribution in [0.5, 0.6) is 0 Å². The molecule has 0 aliphatic heterocycles. The van der Waals surface area contributed by atoms with Gasteiger partial charge in [0.1, 0.15) is 0 Å². The molecule has 0 saturated carbocycles. The van der Waals surface area contributed by atoms with Gasteiger partial charge in [-0.25, -0.2) is 9.67 Å². The van der Waals surface area contributed by atoms with Gasteiger partial charge in [0, 0.05) is 5.69 Å². The molecule has 2 heterocycles. The van der Waals surface area contributed by atoms with E-state index < -0.39 is 0 Å². The van der Waals surface area contributed by atoms with Crippen LogP contribution in [0.2, 0.25) is 0 Å². The van der Waals surface area contributed by atoms with Gasteiger partial charge in [0.15, 0.2) is 0 Å². The number of hydrogen-bond donors (Lipinski definition) is 1. The zero-order chi connectivity index (χ0) is 14.1. The molecule has 0 spiro atoms. The van der Waals surface area contributed by atoms with Crippen LogP contribution >= 0.6 is 11.3 Å². The number of thiazole rings is 1. The van der Waals surface area contributed by atoms with Gasteiger partial charge in [0.2, 0.25) is 5.13 Å². The second-order valence-corrected chi connectivity index (χ2v) is 5.89. The Kier molecular flexibility index (Phi) is 3.54. The van der Waals surface area contributed by atoms with E-state index in [4.69, 9.17) is 0 Å². The fourth-order valence-corrected chi connectivity index (χ4v) is 3.39. The van der Waals surface area contributed by atoms with Crippen LogP contribution in [0, 0.1) is 13.8 Å². The number of nitrogens with one attached hydrogen (secondary N) is 1. The largest absolute Gasteiger partial charge is 0.319 e. The van der Waals surface area contributed by atoms with Gasteiger partial charge in [0.25, 0.3) is 0 Å². The van der Waals surface area contributed by atoms with E-state index in [9.17, 15) is 0 Å². The number of fused-ring (bicyclic) bond motifs is 1. The average Bonchev–Trinajstić information content (AvgIpc) is 2.98. The maximum atomic E-state index is 4.68. The molecule has 1 N–H and O–H groups in total. The van der Waals surface area contributed by atoms with Crippen LogP contribution in [0.4, 0.5) is 0 Å². The number of para-hydroxylation sites is 1. The van der Waals surface area contributed by atoms with Crippen LogP contribution in [0.3, 0.4) is 0 Å². The number of rotatable bonds is 4. The lowest BCUT2D eigenvalue weighted by molar-refractivity contribution is 0.783. The van der Waals surface area contributed by atoms with Crippen molar-refractivity contribution in [3.63, 3.8) is 0 Å².